The summed E-state index contributed by atoms with van der Waals surface area (Å²) in [6.07, 6.45) is 3.81. The van der Waals surface area contributed by atoms with Crippen molar-refractivity contribution in [2.75, 3.05) is 0 Å². The molecule has 13 heavy (non-hydrogen) atoms. The van der Waals surface area contributed by atoms with Crippen molar-refractivity contribution in [2.24, 2.45) is 7.05 Å². The first-order chi connectivity index (χ1) is 6.18. The minimum absolute atomic E-state index is 0.151. The van der Waals surface area contributed by atoms with E-state index in [1.54, 1.807) is 17.9 Å². The summed E-state index contributed by atoms with van der Waals surface area (Å²) in [5.41, 5.74) is 0.549. The molecular weight excluding hydrogens is 283 g/mol. The smallest absolute Gasteiger partial charge is 0.357 e. The molecule has 1 aromatic rings. The highest BCUT2D eigenvalue weighted by Crippen LogP contribution is 2.25. The third-order valence-electron chi connectivity index (χ3n) is 1.89. The summed E-state index contributed by atoms with van der Waals surface area (Å²) in [4.78, 5) is 11.5. The number of hydrogen-bond acceptors (Lipinski definition) is 3. The summed E-state index contributed by atoms with van der Waals surface area (Å²) in [6, 6.07) is 0. The standard InChI is InChI=1S/C8H9IN2O2/c1-11-7(6(9)4-10-11)8(12)13-5-2-3-5/h4-5H,2-3H2,1H3. The Morgan fingerprint density at radius 1 is 1.77 bits per heavy atom. The van der Waals surface area contributed by atoms with Gasteiger partial charge in [0, 0.05) is 7.05 Å². The van der Waals surface area contributed by atoms with Crippen molar-refractivity contribution in [2.45, 2.75) is 18.9 Å². The fraction of sp³-hybridized carbons (Fsp3) is 0.500. The fourth-order valence-electron chi connectivity index (χ4n) is 1.03. The largest absolute Gasteiger partial charge is 0.458 e. The van der Waals surface area contributed by atoms with Crippen molar-refractivity contribution in [3.63, 3.8) is 0 Å². The van der Waals surface area contributed by atoms with E-state index in [0.717, 1.165) is 16.4 Å². The van der Waals surface area contributed by atoms with Crippen LogP contribution >= 0.6 is 22.6 Å². The molecule has 4 nitrogen and oxygen atoms in total. The van der Waals surface area contributed by atoms with Gasteiger partial charge in [-0.05, 0) is 35.4 Å². The number of ether oxygens (including phenoxy) is 1. The van der Waals surface area contributed by atoms with Crippen molar-refractivity contribution in [3.05, 3.63) is 15.5 Å². The van der Waals surface area contributed by atoms with Crippen LogP contribution < -0.4 is 0 Å². The molecule has 2 rings (SSSR count). The molecule has 0 atom stereocenters. The van der Waals surface area contributed by atoms with Crippen LogP contribution in [0.4, 0.5) is 0 Å². The molecular formula is C8H9IN2O2. The zero-order chi connectivity index (χ0) is 9.42. The molecule has 0 aromatic carbocycles. The van der Waals surface area contributed by atoms with Crippen LogP contribution in [0.3, 0.4) is 0 Å². The van der Waals surface area contributed by atoms with Gasteiger partial charge >= 0.3 is 5.97 Å². The molecule has 0 radical (unpaired) electrons. The second-order valence-corrected chi connectivity index (χ2v) is 4.23. The monoisotopic (exact) mass is 292 g/mol. The molecule has 0 spiro atoms. The predicted molar refractivity (Wildman–Crippen MR) is 54.4 cm³/mol. The minimum Gasteiger partial charge on any atom is -0.458 e. The normalized spacial score (nSPS) is 15.8. The lowest BCUT2D eigenvalue weighted by Crippen LogP contribution is -2.13. The molecule has 0 bridgehead atoms. The van der Waals surface area contributed by atoms with Gasteiger partial charge in [0.1, 0.15) is 6.10 Å². The van der Waals surface area contributed by atoms with E-state index in [4.69, 9.17) is 4.74 Å². The Morgan fingerprint density at radius 3 is 2.92 bits per heavy atom. The highest BCUT2D eigenvalue weighted by Gasteiger charge is 2.28. The molecule has 0 amide bonds. The maximum atomic E-state index is 11.5. The van der Waals surface area contributed by atoms with E-state index >= 15 is 0 Å². The predicted octanol–water partition coefficient (Wildman–Crippen LogP) is 1.34. The van der Waals surface area contributed by atoms with Crippen molar-refractivity contribution >= 4 is 28.6 Å². The summed E-state index contributed by atoms with van der Waals surface area (Å²) < 4.78 is 7.55. The topological polar surface area (TPSA) is 44.1 Å². The van der Waals surface area contributed by atoms with E-state index in [0.29, 0.717) is 5.69 Å². The Morgan fingerprint density at radius 2 is 2.46 bits per heavy atom. The molecule has 1 fully saturated rings. The Kier molecular flexibility index (Phi) is 2.27. The first kappa shape index (κ1) is 8.98. The minimum atomic E-state index is -0.257. The molecule has 5 heteroatoms. The number of hydrogen-bond donors (Lipinski definition) is 0. The van der Waals surface area contributed by atoms with Crippen LogP contribution in [-0.4, -0.2) is 21.9 Å². The molecule has 70 valence electrons. The van der Waals surface area contributed by atoms with Crippen LogP contribution in [0.25, 0.3) is 0 Å². The number of aryl methyl sites for hydroxylation is 1. The van der Waals surface area contributed by atoms with Gasteiger partial charge in [-0.2, -0.15) is 5.10 Å². The lowest BCUT2D eigenvalue weighted by atomic mass is 10.4. The van der Waals surface area contributed by atoms with Gasteiger partial charge in [0.15, 0.2) is 5.69 Å². The van der Waals surface area contributed by atoms with Crippen LogP contribution in [0.1, 0.15) is 23.3 Å². The van der Waals surface area contributed by atoms with Gasteiger partial charge in [0.25, 0.3) is 0 Å². The van der Waals surface area contributed by atoms with E-state index in [-0.39, 0.29) is 12.1 Å². The van der Waals surface area contributed by atoms with Gasteiger partial charge in [-0.1, -0.05) is 0 Å². The van der Waals surface area contributed by atoms with Crippen molar-refractivity contribution in [1.82, 2.24) is 9.78 Å². The summed E-state index contributed by atoms with van der Waals surface area (Å²) >= 11 is 2.08. The average molecular weight is 292 g/mol. The van der Waals surface area contributed by atoms with Crippen LogP contribution in [0, 0.1) is 3.57 Å². The summed E-state index contributed by atoms with van der Waals surface area (Å²) in [5.74, 6) is -0.257. The molecule has 1 aromatic heterocycles. The van der Waals surface area contributed by atoms with Gasteiger partial charge in [0.2, 0.25) is 0 Å². The Labute approximate surface area is 89.4 Å². The second-order valence-electron chi connectivity index (χ2n) is 3.07. The lowest BCUT2D eigenvalue weighted by Gasteiger charge is -2.02. The quantitative estimate of drug-likeness (QED) is 0.610. The van der Waals surface area contributed by atoms with Crippen LogP contribution in [0.2, 0.25) is 0 Å². The Hall–Kier alpha value is -0.590. The third-order valence-corrected chi connectivity index (χ3v) is 2.67. The van der Waals surface area contributed by atoms with Gasteiger partial charge in [0.05, 0.1) is 9.77 Å². The van der Waals surface area contributed by atoms with Crippen molar-refractivity contribution in [1.29, 1.82) is 0 Å². The Balaban J connectivity index is 2.17. The average Bonchev–Trinajstić information content (AvgIpc) is 2.79. The van der Waals surface area contributed by atoms with Crippen LogP contribution in [0.15, 0.2) is 6.20 Å². The maximum absolute atomic E-state index is 11.5. The van der Waals surface area contributed by atoms with Gasteiger partial charge < -0.3 is 4.74 Å². The molecule has 0 N–H and O–H groups in total. The van der Waals surface area contributed by atoms with E-state index in [1.807, 2.05) is 0 Å². The van der Waals surface area contributed by atoms with Gasteiger partial charge in [-0.3, -0.25) is 4.68 Å². The highest BCUT2D eigenvalue weighted by molar-refractivity contribution is 14.1. The molecule has 1 heterocycles. The third kappa shape index (κ3) is 1.84. The number of nitrogens with zero attached hydrogens (tertiary/aromatic N) is 2. The first-order valence-electron chi connectivity index (χ1n) is 4.07. The molecule has 0 aliphatic heterocycles. The van der Waals surface area contributed by atoms with E-state index < -0.39 is 0 Å². The van der Waals surface area contributed by atoms with Crippen LogP contribution in [0.5, 0.6) is 0 Å². The molecule has 1 aliphatic rings. The maximum Gasteiger partial charge on any atom is 0.357 e. The Bertz CT molecular complexity index is 324. The van der Waals surface area contributed by atoms with Gasteiger partial charge in [-0.15, -0.1) is 0 Å². The number of halogens is 1. The highest BCUT2D eigenvalue weighted by atomic mass is 127. The second kappa shape index (κ2) is 3.28. The van der Waals surface area contributed by atoms with E-state index in [1.165, 1.54) is 0 Å². The molecule has 0 saturated heterocycles. The SMILES string of the molecule is Cn1ncc(I)c1C(=O)OC1CC1. The van der Waals surface area contributed by atoms with Crippen molar-refractivity contribution in [3.8, 4) is 0 Å². The number of esters is 1. The number of carbonyl (C=O) groups excluding carboxylic acids is 1. The summed E-state index contributed by atoms with van der Waals surface area (Å²) in [7, 11) is 1.74. The zero-order valence-electron chi connectivity index (χ0n) is 7.16. The van der Waals surface area contributed by atoms with E-state index in [9.17, 15) is 4.79 Å². The number of rotatable bonds is 2. The zero-order valence-corrected chi connectivity index (χ0v) is 9.32. The number of aromatic nitrogens is 2. The van der Waals surface area contributed by atoms with Crippen molar-refractivity contribution < 1.29 is 9.53 Å². The fourth-order valence-corrected chi connectivity index (χ4v) is 1.73. The molecule has 1 aliphatic carbocycles. The first-order valence-corrected chi connectivity index (χ1v) is 5.15. The van der Waals surface area contributed by atoms with E-state index in [2.05, 4.69) is 27.7 Å². The molecule has 1 saturated carbocycles. The van der Waals surface area contributed by atoms with Crippen LogP contribution in [-0.2, 0) is 11.8 Å². The number of carbonyl (C=O) groups is 1. The molecule has 0 unspecified atom stereocenters. The van der Waals surface area contributed by atoms with Gasteiger partial charge in [-0.25, -0.2) is 4.79 Å². The lowest BCUT2D eigenvalue weighted by molar-refractivity contribution is 0.0458. The summed E-state index contributed by atoms with van der Waals surface area (Å²) in [5, 5.41) is 3.97. The summed E-state index contributed by atoms with van der Waals surface area (Å²) in [6.45, 7) is 0.